The topological polar surface area (TPSA) is 29.3 Å². The van der Waals surface area contributed by atoms with Crippen LogP contribution in [-0.2, 0) is 0 Å². The Morgan fingerprint density at radius 1 is 1.24 bits per heavy atom. The molecule has 1 unspecified atom stereocenters. The lowest BCUT2D eigenvalue weighted by Gasteiger charge is -2.36. The molecular formula is C15H24N2. The van der Waals surface area contributed by atoms with Crippen LogP contribution in [0.25, 0.3) is 0 Å². The molecule has 1 heterocycles. The minimum absolute atomic E-state index is 0.572. The Balaban J connectivity index is 2.08. The molecule has 0 spiro atoms. The maximum atomic E-state index is 5.75. The van der Waals surface area contributed by atoms with Crippen LogP contribution in [0.3, 0.4) is 0 Å². The van der Waals surface area contributed by atoms with E-state index in [0.717, 1.165) is 11.6 Å². The van der Waals surface area contributed by atoms with Gasteiger partial charge >= 0.3 is 0 Å². The molecule has 2 nitrogen and oxygen atoms in total. The number of benzene rings is 1. The van der Waals surface area contributed by atoms with Gasteiger partial charge in [0.05, 0.1) is 0 Å². The first-order valence-electron chi connectivity index (χ1n) is 6.80. The number of rotatable bonds is 3. The van der Waals surface area contributed by atoms with Crippen molar-refractivity contribution >= 4 is 5.69 Å². The number of nitrogen functional groups attached to an aromatic ring is 1. The minimum Gasteiger partial charge on any atom is -0.399 e. The molecule has 0 aromatic heterocycles. The molecule has 1 aliphatic heterocycles. The molecule has 1 aliphatic rings. The Hall–Kier alpha value is -1.02. The van der Waals surface area contributed by atoms with Crippen LogP contribution < -0.4 is 5.73 Å². The van der Waals surface area contributed by atoms with Gasteiger partial charge in [-0.3, -0.25) is 4.90 Å². The molecule has 1 saturated heterocycles. The molecule has 1 atom stereocenters. The SMILES string of the molecule is CCC(c1ccc(N)cc1)N1CCC(C)CC1. The molecule has 17 heavy (non-hydrogen) atoms. The van der Waals surface area contributed by atoms with Gasteiger partial charge in [0.1, 0.15) is 0 Å². The molecule has 2 N–H and O–H groups in total. The second kappa shape index (κ2) is 5.54. The second-order valence-electron chi connectivity index (χ2n) is 5.31. The fourth-order valence-corrected chi connectivity index (χ4v) is 2.76. The van der Waals surface area contributed by atoms with E-state index in [4.69, 9.17) is 5.73 Å². The molecule has 1 fully saturated rings. The van der Waals surface area contributed by atoms with Crippen molar-refractivity contribution in [3.05, 3.63) is 29.8 Å². The van der Waals surface area contributed by atoms with Gasteiger partial charge < -0.3 is 5.73 Å². The zero-order valence-corrected chi connectivity index (χ0v) is 11.0. The van der Waals surface area contributed by atoms with E-state index in [1.165, 1.54) is 37.9 Å². The summed E-state index contributed by atoms with van der Waals surface area (Å²) in [4.78, 5) is 2.63. The van der Waals surface area contributed by atoms with E-state index in [9.17, 15) is 0 Å². The summed E-state index contributed by atoms with van der Waals surface area (Å²) >= 11 is 0. The van der Waals surface area contributed by atoms with Crippen LogP contribution in [0.5, 0.6) is 0 Å². The lowest BCUT2D eigenvalue weighted by Crippen LogP contribution is -2.35. The highest BCUT2D eigenvalue weighted by Crippen LogP contribution is 2.29. The van der Waals surface area contributed by atoms with Crippen molar-refractivity contribution in [1.29, 1.82) is 0 Å². The first-order valence-corrected chi connectivity index (χ1v) is 6.80. The summed E-state index contributed by atoms with van der Waals surface area (Å²) in [6, 6.07) is 8.97. The van der Waals surface area contributed by atoms with E-state index < -0.39 is 0 Å². The van der Waals surface area contributed by atoms with Gasteiger partial charge in [-0.2, -0.15) is 0 Å². The summed E-state index contributed by atoms with van der Waals surface area (Å²) in [6.07, 6.45) is 3.86. The largest absolute Gasteiger partial charge is 0.399 e. The standard InChI is InChI=1S/C15H24N2/c1-3-15(13-4-6-14(16)7-5-13)17-10-8-12(2)9-11-17/h4-7,12,15H,3,8-11,16H2,1-2H3. The van der Waals surface area contributed by atoms with Crippen molar-refractivity contribution in [2.75, 3.05) is 18.8 Å². The maximum absolute atomic E-state index is 5.75. The molecule has 0 aliphatic carbocycles. The van der Waals surface area contributed by atoms with E-state index in [-0.39, 0.29) is 0 Å². The summed E-state index contributed by atoms with van der Waals surface area (Å²) in [5.74, 6) is 0.898. The fraction of sp³-hybridized carbons (Fsp3) is 0.600. The summed E-state index contributed by atoms with van der Waals surface area (Å²) in [5, 5.41) is 0. The Morgan fingerprint density at radius 2 is 1.82 bits per heavy atom. The summed E-state index contributed by atoms with van der Waals surface area (Å²) in [5.41, 5.74) is 8.02. The molecule has 0 saturated carbocycles. The Kier molecular flexibility index (Phi) is 4.06. The molecule has 94 valence electrons. The third-order valence-corrected chi connectivity index (χ3v) is 3.97. The second-order valence-corrected chi connectivity index (χ2v) is 5.31. The highest BCUT2D eigenvalue weighted by atomic mass is 15.2. The van der Waals surface area contributed by atoms with Gasteiger partial charge in [-0.15, -0.1) is 0 Å². The third-order valence-electron chi connectivity index (χ3n) is 3.97. The number of nitrogens with zero attached hydrogens (tertiary/aromatic N) is 1. The zero-order chi connectivity index (χ0) is 12.3. The number of nitrogens with two attached hydrogens (primary N) is 1. The normalized spacial score (nSPS) is 20.4. The van der Waals surface area contributed by atoms with Crippen LogP contribution in [0, 0.1) is 5.92 Å². The van der Waals surface area contributed by atoms with E-state index in [2.05, 4.69) is 30.9 Å². The smallest absolute Gasteiger partial charge is 0.0345 e. The van der Waals surface area contributed by atoms with Crippen molar-refractivity contribution < 1.29 is 0 Å². The molecule has 1 aromatic rings. The van der Waals surface area contributed by atoms with Crippen molar-refractivity contribution in [3.63, 3.8) is 0 Å². The van der Waals surface area contributed by atoms with Gasteiger partial charge in [0.25, 0.3) is 0 Å². The fourth-order valence-electron chi connectivity index (χ4n) is 2.76. The van der Waals surface area contributed by atoms with Crippen molar-refractivity contribution in [2.24, 2.45) is 5.92 Å². The molecule has 1 aromatic carbocycles. The monoisotopic (exact) mass is 232 g/mol. The average molecular weight is 232 g/mol. The first-order chi connectivity index (χ1) is 8.20. The van der Waals surface area contributed by atoms with Crippen LogP contribution in [0.15, 0.2) is 24.3 Å². The molecule has 2 heteroatoms. The van der Waals surface area contributed by atoms with Crippen LogP contribution in [-0.4, -0.2) is 18.0 Å². The van der Waals surface area contributed by atoms with Gasteiger partial charge in [-0.05, 0) is 56.0 Å². The Bertz CT molecular complexity index is 336. The summed E-state index contributed by atoms with van der Waals surface area (Å²) < 4.78 is 0. The minimum atomic E-state index is 0.572. The number of likely N-dealkylation sites (tertiary alicyclic amines) is 1. The number of hydrogen-bond acceptors (Lipinski definition) is 2. The number of anilines is 1. The quantitative estimate of drug-likeness (QED) is 0.809. The Morgan fingerprint density at radius 3 is 2.35 bits per heavy atom. The van der Waals surface area contributed by atoms with Gasteiger partial charge in [-0.25, -0.2) is 0 Å². The first kappa shape index (κ1) is 12.4. The van der Waals surface area contributed by atoms with E-state index in [0.29, 0.717) is 6.04 Å². The molecule has 2 rings (SSSR count). The lowest BCUT2D eigenvalue weighted by molar-refractivity contribution is 0.134. The number of piperidine rings is 1. The van der Waals surface area contributed by atoms with Crippen molar-refractivity contribution in [3.8, 4) is 0 Å². The van der Waals surface area contributed by atoms with Gasteiger partial charge in [0.15, 0.2) is 0 Å². The molecular weight excluding hydrogens is 208 g/mol. The van der Waals surface area contributed by atoms with E-state index in [1.54, 1.807) is 0 Å². The van der Waals surface area contributed by atoms with Crippen LogP contribution in [0.4, 0.5) is 5.69 Å². The average Bonchev–Trinajstić information content (AvgIpc) is 2.35. The number of hydrogen-bond donors (Lipinski definition) is 1. The van der Waals surface area contributed by atoms with Crippen LogP contribution >= 0.6 is 0 Å². The zero-order valence-electron chi connectivity index (χ0n) is 11.0. The predicted molar refractivity (Wildman–Crippen MR) is 73.9 cm³/mol. The summed E-state index contributed by atoms with van der Waals surface area (Å²) in [6.45, 7) is 7.12. The predicted octanol–water partition coefficient (Wildman–Crippen LogP) is 3.45. The lowest BCUT2D eigenvalue weighted by atomic mass is 9.95. The van der Waals surface area contributed by atoms with Crippen molar-refractivity contribution in [1.82, 2.24) is 4.90 Å². The van der Waals surface area contributed by atoms with Crippen LogP contribution in [0.1, 0.15) is 44.7 Å². The molecule has 0 radical (unpaired) electrons. The van der Waals surface area contributed by atoms with Crippen molar-refractivity contribution in [2.45, 2.75) is 39.2 Å². The highest BCUT2D eigenvalue weighted by Gasteiger charge is 2.22. The van der Waals surface area contributed by atoms with Gasteiger partial charge in [0, 0.05) is 11.7 Å². The summed E-state index contributed by atoms with van der Waals surface area (Å²) in [7, 11) is 0. The van der Waals surface area contributed by atoms with E-state index in [1.807, 2.05) is 12.1 Å². The molecule has 0 bridgehead atoms. The highest BCUT2D eigenvalue weighted by molar-refractivity contribution is 5.40. The van der Waals surface area contributed by atoms with Gasteiger partial charge in [-0.1, -0.05) is 26.0 Å². The van der Waals surface area contributed by atoms with E-state index >= 15 is 0 Å². The maximum Gasteiger partial charge on any atom is 0.0345 e. The van der Waals surface area contributed by atoms with Crippen LogP contribution in [0.2, 0.25) is 0 Å². The van der Waals surface area contributed by atoms with Gasteiger partial charge in [0.2, 0.25) is 0 Å². The third kappa shape index (κ3) is 3.01. The molecule has 0 amide bonds. The Labute approximate surface area is 105 Å².